The Balaban J connectivity index is 1.57. The van der Waals surface area contributed by atoms with Crippen LogP contribution in [0.4, 0.5) is 10.1 Å². The van der Waals surface area contributed by atoms with Gasteiger partial charge in [0.15, 0.2) is 11.0 Å². The molecule has 2 aromatic heterocycles. The van der Waals surface area contributed by atoms with Crippen LogP contribution >= 0.6 is 23.1 Å². The van der Waals surface area contributed by atoms with Gasteiger partial charge in [-0.25, -0.2) is 9.18 Å². The number of thioether (sulfide) groups is 1. The summed E-state index contributed by atoms with van der Waals surface area (Å²) in [5, 5.41) is 13.4. The highest BCUT2D eigenvalue weighted by molar-refractivity contribution is 7.99. The first-order valence-electron chi connectivity index (χ1n) is 9.42. The number of hydrogen-bond acceptors (Lipinski definition) is 7. The Bertz CT molecular complexity index is 1240. The number of ether oxygens (including phenoxy) is 1. The van der Waals surface area contributed by atoms with Crippen molar-refractivity contribution in [2.24, 2.45) is 0 Å². The Morgan fingerprint density at radius 3 is 2.56 bits per heavy atom. The first-order chi connectivity index (χ1) is 15.6. The Morgan fingerprint density at radius 2 is 1.84 bits per heavy atom. The Hall–Kier alpha value is -3.50. The fourth-order valence-corrected chi connectivity index (χ4v) is 4.45. The fraction of sp³-hybridized carbons (Fsp3) is 0.0909. The van der Waals surface area contributed by atoms with Crippen LogP contribution in [0.1, 0.15) is 9.67 Å². The predicted octanol–water partition coefficient (Wildman–Crippen LogP) is 4.65. The summed E-state index contributed by atoms with van der Waals surface area (Å²) < 4.78 is 20.0. The first kappa shape index (κ1) is 21.7. The standard InChI is InChI=1S/C22H17FN4O3S2/c1-30-21(29)19-17(11-12-31-19)24-18(28)13-32-22-26-25-20(14-5-3-2-4-6-14)27(22)16-9-7-15(23)8-10-16/h2-12H,13H2,1H3,(H,24,28). The topological polar surface area (TPSA) is 86.1 Å². The number of carbonyl (C=O) groups excluding carboxylic acids is 2. The molecule has 4 rings (SSSR count). The van der Waals surface area contributed by atoms with Gasteiger partial charge in [-0.2, -0.15) is 0 Å². The lowest BCUT2D eigenvalue weighted by Crippen LogP contribution is -2.16. The summed E-state index contributed by atoms with van der Waals surface area (Å²) in [5.41, 5.74) is 1.91. The second-order valence-electron chi connectivity index (χ2n) is 6.48. The number of rotatable bonds is 7. The molecule has 0 saturated heterocycles. The van der Waals surface area contributed by atoms with Crippen LogP contribution in [0.25, 0.3) is 17.1 Å². The lowest BCUT2D eigenvalue weighted by atomic mass is 10.2. The average molecular weight is 469 g/mol. The highest BCUT2D eigenvalue weighted by Gasteiger charge is 2.19. The van der Waals surface area contributed by atoms with E-state index >= 15 is 0 Å². The number of carbonyl (C=O) groups is 2. The van der Waals surface area contributed by atoms with E-state index in [1.54, 1.807) is 28.1 Å². The molecular weight excluding hydrogens is 451 g/mol. The van der Waals surface area contributed by atoms with Crippen molar-refractivity contribution in [3.8, 4) is 17.1 Å². The third kappa shape index (κ3) is 4.71. The van der Waals surface area contributed by atoms with Gasteiger partial charge in [0, 0.05) is 11.3 Å². The highest BCUT2D eigenvalue weighted by atomic mass is 32.2. The summed E-state index contributed by atoms with van der Waals surface area (Å²) >= 11 is 2.37. The maximum atomic E-state index is 13.5. The van der Waals surface area contributed by atoms with E-state index < -0.39 is 5.97 Å². The molecule has 1 N–H and O–H groups in total. The number of esters is 1. The van der Waals surface area contributed by atoms with Crippen molar-refractivity contribution in [3.63, 3.8) is 0 Å². The van der Waals surface area contributed by atoms with E-state index in [1.165, 1.54) is 42.3 Å². The summed E-state index contributed by atoms with van der Waals surface area (Å²) in [6, 6.07) is 17.1. The number of nitrogens with one attached hydrogen (secondary N) is 1. The molecule has 4 aromatic rings. The molecule has 0 atom stereocenters. The molecule has 10 heteroatoms. The zero-order valence-corrected chi connectivity index (χ0v) is 18.5. The molecule has 0 bridgehead atoms. The zero-order valence-electron chi connectivity index (χ0n) is 16.8. The second-order valence-corrected chi connectivity index (χ2v) is 8.33. The molecule has 0 aliphatic carbocycles. The van der Waals surface area contributed by atoms with Crippen molar-refractivity contribution in [2.75, 3.05) is 18.2 Å². The molecule has 2 aromatic carbocycles. The smallest absolute Gasteiger partial charge is 0.350 e. The quantitative estimate of drug-likeness (QED) is 0.314. The number of benzene rings is 2. The Kier molecular flexibility index (Phi) is 6.62. The summed E-state index contributed by atoms with van der Waals surface area (Å²) in [6.45, 7) is 0. The van der Waals surface area contributed by atoms with Gasteiger partial charge in [-0.15, -0.1) is 21.5 Å². The van der Waals surface area contributed by atoms with Crippen LogP contribution in [0, 0.1) is 5.82 Å². The highest BCUT2D eigenvalue weighted by Crippen LogP contribution is 2.29. The maximum Gasteiger partial charge on any atom is 0.350 e. The molecule has 2 heterocycles. The number of amides is 1. The Labute approximate surface area is 191 Å². The lowest BCUT2D eigenvalue weighted by Gasteiger charge is -2.10. The summed E-state index contributed by atoms with van der Waals surface area (Å²) in [5.74, 6) is -0.565. The molecule has 0 aliphatic heterocycles. The minimum atomic E-state index is -0.508. The van der Waals surface area contributed by atoms with Crippen LogP contribution < -0.4 is 5.32 Å². The van der Waals surface area contributed by atoms with Crippen molar-refractivity contribution in [1.82, 2.24) is 14.8 Å². The van der Waals surface area contributed by atoms with E-state index in [-0.39, 0.29) is 17.5 Å². The van der Waals surface area contributed by atoms with E-state index in [4.69, 9.17) is 4.74 Å². The third-order valence-corrected chi connectivity index (χ3v) is 6.22. The van der Waals surface area contributed by atoms with Crippen LogP contribution in [-0.4, -0.2) is 39.5 Å². The van der Waals surface area contributed by atoms with E-state index in [0.29, 0.717) is 27.2 Å². The number of methoxy groups -OCH3 is 1. The van der Waals surface area contributed by atoms with Crippen molar-refractivity contribution < 1.29 is 18.7 Å². The molecule has 0 fully saturated rings. The molecule has 32 heavy (non-hydrogen) atoms. The van der Waals surface area contributed by atoms with Crippen LogP contribution in [0.15, 0.2) is 71.2 Å². The lowest BCUT2D eigenvalue weighted by molar-refractivity contribution is -0.113. The van der Waals surface area contributed by atoms with E-state index in [9.17, 15) is 14.0 Å². The summed E-state index contributed by atoms with van der Waals surface area (Å²) in [6.07, 6.45) is 0. The number of aromatic nitrogens is 3. The van der Waals surface area contributed by atoms with Gasteiger partial charge in [0.25, 0.3) is 0 Å². The van der Waals surface area contributed by atoms with Crippen molar-refractivity contribution in [3.05, 3.63) is 76.7 Å². The van der Waals surface area contributed by atoms with Gasteiger partial charge < -0.3 is 10.1 Å². The van der Waals surface area contributed by atoms with Gasteiger partial charge in [0.2, 0.25) is 5.91 Å². The molecular formula is C22H17FN4O3S2. The third-order valence-electron chi connectivity index (χ3n) is 4.39. The monoisotopic (exact) mass is 468 g/mol. The molecule has 0 radical (unpaired) electrons. The largest absolute Gasteiger partial charge is 0.465 e. The van der Waals surface area contributed by atoms with Crippen LogP contribution in [0.5, 0.6) is 0 Å². The SMILES string of the molecule is COC(=O)c1sccc1NC(=O)CSc1nnc(-c2ccccc2)n1-c1ccc(F)cc1. The minimum Gasteiger partial charge on any atom is -0.465 e. The molecule has 7 nitrogen and oxygen atoms in total. The molecule has 0 spiro atoms. The van der Waals surface area contributed by atoms with Gasteiger partial charge in [0.05, 0.1) is 18.6 Å². The van der Waals surface area contributed by atoms with Gasteiger partial charge in [0.1, 0.15) is 10.7 Å². The summed E-state index contributed by atoms with van der Waals surface area (Å²) in [4.78, 5) is 24.7. The average Bonchev–Trinajstić information content (AvgIpc) is 3.45. The number of anilines is 1. The van der Waals surface area contributed by atoms with E-state index in [2.05, 4.69) is 15.5 Å². The second kappa shape index (κ2) is 9.75. The molecule has 162 valence electrons. The van der Waals surface area contributed by atoms with Crippen LogP contribution in [0.3, 0.4) is 0 Å². The van der Waals surface area contributed by atoms with Crippen molar-refractivity contribution >= 4 is 40.7 Å². The van der Waals surface area contributed by atoms with Gasteiger partial charge in [-0.05, 0) is 35.7 Å². The normalized spacial score (nSPS) is 10.7. The molecule has 0 aliphatic rings. The van der Waals surface area contributed by atoms with Gasteiger partial charge in [-0.3, -0.25) is 9.36 Å². The fourth-order valence-electron chi connectivity index (χ4n) is 2.94. The summed E-state index contributed by atoms with van der Waals surface area (Å²) in [7, 11) is 1.29. The predicted molar refractivity (Wildman–Crippen MR) is 122 cm³/mol. The Morgan fingerprint density at radius 1 is 1.09 bits per heavy atom. The van der Waals surface area contributed by atoms with Crippen molar-refractivity contribution in [2.45, 2.75) is 5.16 Å². The number of hydrogen-bond donors (Lipinski definition) is 1. The van der Waals surface area contributed by atoms with Crippen LogP contribution in [0.2, 0.25) is 0 Å². The number of thiophene rings is 1. The van der Waals surface area contributed by atoms with Crippen molar-refractivity contribution in [1.29, 1.82) is 0 Å². The minimum absolute atomic E-state index is 0.0323. The first-order valence-corrected chi connectivity index (χ1v) is 11.3. The van der Waals surface area contributed by atoms with E-state index in [1.807, 2.05) is 30.3 Å². The molecule has 0 unspecified atom stereocenters. The molecule has 1 amide bonds. The zero-order chi connectivity index (χ0) is 22.5. The number of nitrogens with zero attached hydrogens (tertiary/aromatic N) is 3. The van der Waals surface area contributed by atoms with E-state index in [0.717, 1.165) is 5.56 Å². The van der Waals surface area contributed by atoms with Crippen LogP contribution in [-0.2, 0) is 9.53 Å². The number of halogens is 1. The van der Waals surface area contributed by atoms with Gasteiger partial charge in [-0.1, -0.05) is 42.1 Å². The van der Waals surface area contributed by atoms with Gasteiger partial charge >= 0.3 is 5.97 Å². The molecule has 0 saturated carbocycles. The maximum absolute atomic E-state index is 13.5.